The molecule has 3 nitrogen and oxygen atoms in total. The largest absolute Gasteiger partial charge is 1.00 e. The number of hydrogen-bond acceptors (Lipinski definition) is 3. The molecule has 0 radical (unpaired) electrons. The van der Waals surface area contributed by atoms with Crippen LogP contribution < -0.4 is 21.8 Å². The van der Waals surface area contributed by atoms with Crippen LogP contribution in [0.2, 0.25) is 0 Å². The van der Waals surface area contributed by atoms with Gasteiger partial charge in [-0.25, -0.2) is 4.99 Å². The number of halogens is 1. The number of aryl methyl sites for hydroxylation is 2. The van der Waals surface area contributed by atoms with E-state index in [0.29, 0.717) is 0 Å². The molecule has 24 heavy (non-hydrogen) atoms. The Kier molecular flexibility index (Phi) is 4.85. The first kappa shape index (κ1) is 16.9. The molecule has 2 aromatic heterocycles. The van der Waals surface area contributed by atoms with E-state index in [4.69, 9.17) is 0 Å². The van der Waals surface area contributed by atoms with Crippen LogP contribution in [0.5, 0.6) is 0 Å². The molecule has 0 spiro atoms. The minimum atomic E-state index is 0. The summed E-state index contributed by atoms with van der Waals surface area (Å²) in [6, 6.07) is 16.8. The Balaban J connectivity index is 0.00000169. The molecule has 6 heteroatoms. The highest BCUT2D eigenvalue weighted by atomic mass is 35.5. The third-order valence-electron chi connectivity index (χ3n) is 3.89. The fourth-order valence-corrected chi connectivity index (χ4v) is 4.68. The van der Waals surface area contributed by atoms with Crippen LogP contribution in [0.3, 0.4) is 0 Å². The van der Waals surface area contributed by atoms with E-state index in [0.717, 1.165) is 4.80 Å². The van der Waals surface area contributed by atoms with Crippen molar-refractivity contribution in [1.82, 2.24) is 4.57 Å². The van der Waals surface area contributed by atoms with Crippen LogP contribution in [-0.4, -0.2) is 4.57 Å². The van der Waals surface area contributed by atoms with Crippen molar-refractivity contribution in [1.29, 1.82) is 0 Å². The summed E-state index contributed by atoms with van der Waals surface area (Å²) in [6.45, 7) is 0. The van der Waals surface area contributed by atoms with E-state index >= 15 is 0 Å². The molecule has 122 valence electrons. The Hall–Kier alpha value is -1.95. The summed E-state index contributed by atoms with van der Waals surface area (Å²) in [5.41, 5.74) is 2.47. The molecule has 2 heterocycles. The molecule has 0 atom stereocenters. The number of aromatic nitrogens is 2. The van der Waals surface area contributed by atoms with Gasteiger partial charge in [0.25, 0.3) is 5.01 Å². The first-order valence-corrected chi connectivity index (χ1v) is 9.00. The minimum absolute atomic E-state index is 0. The molecular weight excluding hydrogens is 358 g/mol. The number of nitrogens with zero attached hydrogens (tertiary/aromatic N) is 3. The van der Waals surface area contributed by atoms with Gasteiger partial charge in [-0.05, 0) is 18.2 Å². The highest BCUT2D eigenvalue weighted by Crippen LogP contribution is 2.20. The van der Waals surface area contributed by atoms with Gasteiger partial charge in [-0.1, -0.05) is 46.9 Å². The minimum Gasteiger partial charge on any atom is -1.00 e. The van der Waals surface area contributed by atoms with Crippen molar-refractivity contribution < 1.29 is 17.0 Å². The summed E-state index contributed by atoms with van der Waals surface area (Å²) >= 11 is 3.49. The molecule has 0 aliphatic rings. The molecule has 2 aromatic carbocycles. The van der Waals surface area contributed by atoms with Crippen molar-refractivity contribution in [3.8, 4) is 0 Å². The molecule has 0 N–H and O–H groups in total. The van der Waals surface area contributed by atoms with Crippen LogP contribution in [0.1, 0.15) is 5.01 Å². The fourth-order valence-electron chi connectivity index (χ4n) is 2.63. The van der Waals surface area contributed by atoms with E-state index in [-0.39, 0.29) is 12.4 Å². The van der Waals surface area contributed by atoms with Gasteiger partial charge in [-0.3, -0.25) is 0 Å². The molecule has 4 rings (SSSR count). The zero-order chi connectivity index (χ0) is 15.8. The average Bonchev–Trinajstić information content (AvgIpc) is 3.07. The molecule has 0 fully saturated rings. The van der Waals surface area contributed by atoms with Crippen LogP contribution in [0.25, 0.3) is 26.5 Å². The predicted molar refractivity (Wildman–Crippen MR) is 98.4 cm³/mol. The van der Waals surface area contributed by atoms with Gasteiger partial charge in [0, 0.05) is 25.4 Å². The van der Waals surface area contributed by atoms with E-state index in [9.17, 15) is 0 Å². The quantitative estimate of drug-likeness (QED) is 0.465. The summed E-state index contributed by atoms with van der Waals surface area (Å²) in [5.74, 6) is 0. The fraction of sp³-hybridized carbons (Fsp3) is 0.111. The third-order valence-corrected chi connectivity index (χ3v) is 6.20. The van der Waals surface area contributed by atoms with Crippen molar-refractivity contribution in [2.75, 3.05) is 0 Å². The maximum absolute atomic E-state index is 4.64. The van der Waals surface area contributed by atoms with Gasteiger partial charge in [0.1, 0.15) is 11.7 Å². The maximum atomic E-state index is 4.64. The average molecular weight is 374 g/mol. The topological polar surface area (TPSA) is 21.2 Å². The Morgan fingerprint density at radius 3 is 2.46 bits per heavy atom. The number of fused-ring (bicyclic) bond motifs is 2. The summed E-state index contributed by atoms with van der Waals surface area (Å²) in [6.07, 6.45) is 3.98. The lowest BCUT2D eigenvalue weighted by Gasteiger charge is -1.92. The first-order valence-electron chi connectivity index (χ1n) is 7.36. The van der Waals surface area contributed by atoms with Crippen LogP contribution in [0.4, 0.5) is 0 Å². The Bertz CT molecular complexity index is 1100. The van der Waals surface area contributed by atoms with Crippen molar-refractivity contribution >= 4 is 49.2 Å². The third kappa shape index (κ3) is 2.90. The second-order valence-electron chi connectivity index (χ2n) is 5.32. The smallest absolute Gasteiger partial charge is 0.264 e. The Labute approximate surface area is 154 Å². The van der Waals surface area contributed by atoms with Crippen molar-refractivity contribution in [2.24, 2.45) is 19.1 Å². The van der Waals surface area contributed by atoms with Gasteiger partial charge in [0.05, 0.1) is 10.2 Å². The molecule has 0 unspecified atom stereocenters. The van der Waals surface area contributed by atoms with E-state index < -0.39 is 0 Å². The summed E-state index contributed by atoms with van der Waals surface area (Å²) in [4.78, 5) is 5.65. The standard InChI is InChI=1S/C18H16N3S2.ClH/c1-20-13-7-3-5-9-15(13)22-17(20)11-12-19-18-21(2)14-8-4-6-10-16(14)23-18;/h3-12H,1-2H3;1H/q+1;/p-1. The molecular formula is C18H16ClN3S2. The Morgan fingerprint density at radius 2 is 1.71 bits per heavy atom. The maximum Gasteiger partial charge on any atom is 0.264 e. The molecule has 0 bridgehead atoms. The summed E-state index contributed by atoms with van der Waals surface area (Å²) in [7, 11) is 4.16. The Morgan fingerprint density at radius 1 is 1.00 bits per heavy atom. The van der Waals surface area contributed by atoms with Gasteiger partial charge in [0.2, 0.25) is 5.52 Å². The van der Waals surface area contributed by atoms with Crippen LogP contribution >= 0.6 is 22.7 Å². The SMILES string of the molecule is Cn1c(=N/C=C/c2sc3ccccc3[n+]2C)sc2ccccc21.[Cl-]. The monoisotopic (exact) mass is 373 g/mol. The van der Waals surface area contributed by atoms with Gasteiger partial charge in [-0.2, -0.15) is 4.57 Å². The van der Waals surface area contributed by atoms with E-state index in [1.807, 2.05) is 6.20 Å². The highest BCUT2D eigenvalue weighted by molar-refractivity contribution is 7.18. The summed E-state index contributed by atoms with van der Waals surface area (Å²) < 4.78 is 6.89. The lowest BCUT2D eigenvalue weighted by atomic mass is 10.3. The second kappa shape index (κ2) is 6.89. The highest BCUT2D eigenvalue weighted by Gasteiger charge is 2.13. The van der Waals surface area contributed by atoms with Gasteiger partial charge < -0.3 is 17.0 Å². The summed E-state index contributed by atoms with van der Waals surface area (Å²) in [5, 5.41) is 1.19. The van der Waals surface area contributed by atoms with Crippen LogP contribution in [0, 0.1) is 0 Å². The van der Waals surface area contributed by atoms with Crippen LogP contribution in [-0.2, 0) is 14.1 Å². The molecule has 0 saturated carbocycles. The molecule has 4 aromatic rings. The molecule has 0 amide bonds. The zero-order valence-corrected chi connectivity index (χ0v) is 15.7. The predicted octanol–water partition coefficient (Wildman–Crippen LogP) is 0.855. The zero-order valence-electron chi connectivity index (χ0n) is 13.3. The van der Waals surface area contributed by atoms with Crippen LogP contribution in [0.15, 0.2) is 59.7 Å². The van der Waals surface area contributed by atoms with Gasteiger partial charge in [-0.15, -0.1) is 0 Å². The normalized spacial score (nSPS) is 12.3. The second-order valence-corrected chi connectivity index (χ2v) is 7.39. The van der Waals surface area contributed by atoms with E-state index in [2.05, 4.69) is 82.8 Å². The number of thiazole rings is 2. The lowest BCUT2D eigenvalue weighted by Crippen LogP contribution is -3.00. The molecule has 0 aliphatic carbocycles. The van der Waals surface area contributed by atoms with Crippen molar-refractivity contribution in [2.45, 2.75) is 0 Å². The number of benzene rings is 2. The first-order chi connectivity index (χ1) is 11.2. The number of rotatable bonds is 2. The molecule has 0 saturated heterocycles. The lowest BCUT2D eigenvalue weighted by molar-refractivity contribution is -0.642. The van der Waals surface area contributed by atoms with Crippen molar-refractivity contribution in [3.63, 3.8) is 0 Å². The number of para-hydroxylation sites is 2. The van der Waals surface area contributed by atoms with Gasteiger partial charge in [0.15, 0.2) is 4.80 Å². The van der Waals surface area contributed by atoms with Gasteiger partial charge >= 0.3 is 0 Å². The van der Waals surface area contributed by atoms with E-state index in [1.54, 1.807) is 22.7 Å². The van der Waals surface area contributed by atoms with E-state index in [1.165, 1.54) is 25.4 Å². The number of hydrogen-bond donors (Lipinski definition) is 0. The molecule has 0 aliphatic heterocycles. The van der Waals surface area contributed by atoms with Crippen molar-refractivity contribution in [3.05, 3.63) is 64.5 Å².